The van der Waals surface area contributed by atoms with Crippen LogP contribution in [0.3, 0.4) is 0 Å². The van der Waals surface area contributed by atoms with Crippen LogP contribution in [-0.4, -0.2) is 18.3 Å². The Morgan fingerprint density at radius 1 is 1.19 bits per heavy atom. The van der Waals surface area contributed by atoms with Gasteiger partial charge in [-0.3, -0.25) is 0 Å². The van der Waals surface area contributed by atoms with Gasteiger partial charge in [0.2, 0.25) is 0 Å². The van der Waals surface area contributed by atoms with Crippen LogP contribution in [-0.2, 0) is 0 Å². The molecular formula is C14H19NO. The number of terminal acetylenes is 1. The average molecular weight is 217 g/mol. The van der Waals surface area contributed by atoms with Crippen molar-refractivity contribution in [1.82, 2.24) is 0 Å². The van der Waals surface area contributed by atoms with E-state index >= 15 is 0 Å². The molecule has 0 saturated carbocycles. The van der Waals surface area contributed by atoms with E-state index in [-0.39, 0.29) is 0 Å². The third kappa shape index (κ3) is 4.86. The van der Waals surface area contributed by atoms with Crippen LogP contribution < -0.4 is 5.32 Å². The Balaban J connectivity index is 2.19. The largest absolute Gasteiger partial charge is 0.396 e. The standard InChI is InChI=1S/C14H19NO/c1-2-13-8-7-9-14(12-13)15-10-5-3-4-6-11-16/h1,7-9,12,15-16H,3-6,10-11H2. The zero-order chi connectivity index (χ0) is 11.6. The Bertz CT molecular complexity index is 341. The van der Waals surface area contributed by atoms with Gasteiger partial charge in [-0.05, 0) is 31.0 Å². The van der Waals surface area contributed by atoms with Gasteiger partial charge in [0.05, 0.1) is 0 Å². The Morgan fingerprint density at radius 2 is 2.00 bits per heavy atom. The number of aliphatic hydroxyl groups excluding tert-OH is 1. The van der Waals surface area contributed by atoms with E-state index in [0.717, 1.165) is 43.5 Å². The summed E-state index contributed by atoms with van der Waals surface area (Å²) in [6.45, 7) is 1.26. The molecule has 16 heavy (non-hydrogen) atoms. The summed E-state index contributed by atoms with van der Waals surface area (Å²) >= 11 is 0. The van der Waals surface area contributed by atoms with E-state index in [2.05, 4.69) is 11.2 Å². The van der Waals surface area contributed by atoms with Gasteiger partial charge in [0.15, 0.2) is 0 Å². The minimum absolute atomic E-state index is 0.303. The lowest BCUT2D eigenvalue weighted by Gasteiger charge is -2.06. The highest BCUT2D eigenvalue weighted by molar-refractivity contribution is 5.49. The molecule has 0 radical (unpaired) electrons. The van der Waals surface area contributed by atoms with Crippen molar-refractivity contribution in [3.63, 3.8) is 0 Å². The van der Waals surface area contributed by atoms with E-state index in [1.165, 1.54) is 0 Å². The summed E-state index contributed by atoms with van der Waals surface area (Å²) in [6, 6.07) is 7.89. The highest BCUT2D eigenvalue weighted by Crippen LogP contribution is 2.10. The Labute approximate surface area is 97.7 Å². The molecule has 0 aliphatic rings. The van der Waals surface area contributed by atoms with Crippen molar-refractivity contribution in [2.24, 2.45) is 0 Å². The molecule has 0 atom stereocenters. The third-order valence-corrected chi connectivity index (χ3v) is 2.44. The average Bonchev–Trinajstić information content (AvgIpc) is 2.34. The first-order chi connectivity index (χ1) is 7.86. The minimum atomic E-state index is 0.303. The first-order valence-electron chi connectivity index (χ1n) is 5.78. The molecule has 0 bridgehead atoms. The molecule has 1 rings (SSSR count). The van der Waals surface area contributed by atoms with Crippen LogP contribution in [0.5, 0.6) is 0 Å². The van der Waals surface area contributed by atoms with E-state index in [1.54, 1.807) is 0 Å². The maximum absolute atomic E-state index is 8.62. The van der Waals surface area contributed by atoms with Gasteiger partial charge in [0, 0.05) is 24.4 Å². The fourth-order valence-electron chi connectivity index (χ4n) is 1.54. The number of anilines is 1. The fourth-order valence-corrected chi connectivity index (χ4v) is 1.54. The minimum Gasteiger partial charge on any atom is -0.396 e. The second-order valence-electron chi connectivity index (χ2n) is 3.79. The quantitative estimate of drug-likeness (QED) is 0.543. The highest BCUT2D eigenvalue weighted by atomic mass is 16.2. The van der Waals surface area contributed by atoms with Crippen molar-refractivity contribution in [1.29, 1.82) is 0 Å². The molecular weight excluding hydrogens is 198 g/mol. The Morgan fingerprint density at radius 3 is 2.75 bits per heavy atom. The molecule has 0 saturated heterocycles. The molecule has 2 heteroatoms. The first-order valence-corrected chi connectivity index (χ1v) is 5.78. The molecule has 2 nitrogen and oxygen atoms in total. The van der Waals surface area contributed by atoms with Gasteiger partial charge in [0.25, 0.3) is 0 Å². The molecule has 0 aliphatic heterocycles. The van der Waals surface area contributed by atoms with Crippen LogP contribution >= 0.6 is 0 Å². The van der Waals surface area contributed by atoms with Crippen LogP contribution in [0.2, 0.25) is 0 Å². The number of rotatable bonds is 7. The van der Waals surface area contributed by atoms with Crippen LogP contribution in [0.4, 0.5) is 5.69 Å². The van der Waals surface area contributed by atoms with Gasteiger partial charge in [-0.1, -0.05) is 24.8 Å². The van der Waals surface area contributed by atoms with Gasteiger partial charge in [-0.25, -0.2) is 0 Å². The smallest absolute Gasteiger partial charge is 0.0431 e. The zero-order valence-electron chi connectivity index (χ0n) is 9.58. The summed E-state index contributed by atoms with van der Waals surface area (Å²) in [7, 11) is 0. The summed E-state index contributed by atoms with van der Waals surface area (Å²) in [5.41, 5.74) is 1.99. The first kappa shape index (κ1) is 12.6. The molecule has 0 spiro atoms. The van der Waals surface area contributed by atoms with Crippen molar-refractivity contribution >= 4 is 5.69 Å². The molecule has 0 heterocycles. The second-order valence-corrected chi connectivity index (χ2v) is 3.79. The third-order valence-electron chi connectivity index (χ3n) is 2.44. The second kappa shape index (κ2) is 7.78. The molecule has 0 unspecified atom stereocenters. The predicted octanol–water partition coefficient (Wildman–Crippen LogP) is 2.63. The molecule has 0 aromatic heterocycles. The van der Waals surface area contributed by atoms with E-state index in [0.29, 0.717) is 6.61 Å². The molecule has 1 aromatic carbocycles. The number of benzene rings is 1. The number of hydrogen-bond donors (Lipinski definition) is 2. The normalized spacial score (nSPS) is 9.75. The number of hydrogen-bond acceptors (Lipinski definition) is 2. The van der Waals surface area contributed by atoms with Crippen molar-refractivity contribution < 1.29 is 5.11 Å². The summed E-state index contributed by atoms with van der Waals surface area (Å²) < 4.78 is 0. The van der Waals surface area contributed by atoms with Gasteiger partial charge < -0.3 is 10.4 Å². The van der Waals surface area contributed by atoms with Crippen LogP contribution in [0, 0.1) is 12.3 Å². The molecule has 1 aromatic rings. The van der Waals surface area contributed by atoms with E-state index < -0.39 is 0 Å². The van der Waals surface area contributed by atoms with E-state index in [1.807, 2.05) is 24.3 Å². The number of unbranched alkanes of at least 4 members (excludes halogenated alkanes) is 3. The van der Waals surface area contributed by atoms with Gasteiger partial charge in [-0.2, -0.15) is 0 Å². The molecule has 86 valence electrons. The van der Waals surface area contributed by atoms with Crippen LogP contribution in [0.1, 0.15) is 31.2 Å². The Kier molecular flexibility index (Phi) is 6.13. The maximum Gasteiger partial charge on any atom is 0.0431 e. The maximum atomic E-state index is 8.62. The van der Waals surface area contributed by atoms with Gasteiger partial charge in [0.1, 0.15) is 0 Å². The molecule has 0 fully saturated rings. The Hall–Kier alpha value is -1.46. The molecule has 0 amide bonds. The monoisotopic (exact) mass is 217 g/mol. The number of nitrogens with one attached hydrogen (secondary N) is 1. The van der Waals surface area contributed by atoms with Gasteiger partial charge in [-0.15, -0.1) is 6.42 Å². The predicted molar refractivity (Wildman–Crippen MR) is 68.4 cm³/mol. The van der Waals surface area contributed by atoms with E-state index in [4.69, 9.17) is 11.5 Å². The fraction of sp³-hybridized carbons (Fsp3) is 0.429. The van der Waals surface area contributed by atoms with Crippen molar-refractivity contribution in [2.75, 3.05) is 18.5 Å². The summed E-state index contributed by atoms with van der Waals surface area (Å²) in [4.78, 5) is 0. The molecule has 2 N–H and O–H groups in total. The van der Waals surface area contributed by atoms with E-state index in [9.17, 15) is 0 Å². The lowest BCUT2D eigenvalue weighted by atomic mass is 10.2. The van der Waals surface area contributed by atoms with Crippen molar-refractivity contribution in [3.05, 3.63) is 29.8 Å². The summed E-state index contributed by atoms with van der Waals surface area (Å²) in [5, 5.41) is 12.0. The number of aliphatic hydroxyl groups is 1. The lowest BCUT2D eigenvalue weighted by molar-refractivity contribution is 0.283. The SMILES string of the molecule is C#Cc1cccc(NCCCCCCO)c1. The van der Waals surface area contributed by atoms with Crippen LogP contribution in [0.25, 0.3) is 0 Å². The summed E-state index contributed by atoms with van der Waals surface area (Å²) in [5.74, 6) is 2.62. The lowest BCUT2D eigenvalue weighted by Crippen LogP contribution is -2.01. The zero-order valence-corrected chi connectivity index (χ0v) is 9.58. The highest BCUT2D eigenvalue weighted by Gasteiger charge is 1.93. The van der Waals surface area contributed by atoms with Crippen LogP contribution in [0.15, 0.2) is 24.3 Å². The summed E-state index contributed by atoms with van der Waals surface area (Å²) in [6.07, 6.45) is 9.62. The van der Waals surface area contributed by atoms with Crippen molar-refractivity contribution in [2.45, 2.75) is 25.7 Å². The topological polar surface area (TPSA) is 32.3 Å². The molecule has 0 aliphatic carbocycles. The van der Waals surface area contributed by atoms with Gasteiger partial charge >= 0.3 is 0 Å². The van der Waals surface area contributed by atoms with Crippen molar-refractivity contribution in [3.8, 4) is 12.3 Å².